The van der Waals surface area contributed by atoms with Crippen molar-refractivity contribution in [1.29, 1.82) is 0 Å². The number of amides is 1. The van der Waals surface area contributed by atoms with E-state index in [0.29, 0.717) is 24.1 Å². The summed E-state index contributed by atoms with van der Waals surface area (Å²) < 4.78 is 0. The third kappa shape index (κ3) is 3.71. The maximum Gasteiger partial charge on any atom is 0.432 e. The number of hydrogen-bond acceptors (Lipinski definition) is 8. The van der Waals surface area contributed by atoms with Crippen molar-refractivity contribution in [3.8, 4) is 0 Å². The first-order valence-corrected chi connectivity index (χ1v) is 9.64. The van der Waals surface area contributed by atoms with Crippen LogP contribution in [0.2, 0.25) is 0 Å². The lowest BCUT2D eigenvalue weighted by Crippen LogP contribution is -2.51. The number of H-pyrrole nitrogens is 1. The molecule has 0 radical (unpaired) electrons. The second-order valence-corrected chi connectivity index (χ2v) is 7.50. The van der Waals surface area contributed by atoms with Crippen molar-refractivity contribution >= 4 is 39.4 Å². The summed E-state index contributed by atoms with van der Waals surface area (Å²) in [6.45, 7) is 3.50. The first-order valence-electron chi connectivity index (χ1n) is 8.76. The van der Waals surface area contributed by atoms with Crippen molar-refractivity contribution < 1.29 is 9.63 Å². The van der Waals surface area contributed by atoms with Crippen LogP contribution in [0.15, 0.2) is 30.2 Å². The Bertz CT molecular complexity index is 913. The lowest BCUT2D eigenvalue weighted by Gasteiger charge is -2.40. The van der Waals surface area contributed by atoms with Crippen LogP contribution in [0.5, 0.6) is 0 Å². The molecule has 0 saturated carbocycles. The Morgan fingerprint density at radius 2 is 2.33 bits per heavy atom. The summed E-state index contributed by atoms with van der Waals surface area (Å²) in [5.41, 5.74) is 0.811. The van der Waals surface area contributed by atoms with E-state index in [1.54, 1.807) is 23.0 Å². The number of nitrogens with zero attached hydrogens (tertiary/aromatic N) is 5. The highest BCUT2D eigenvalue weighted by Gasteiger charge is 2.32. The lowest BCUT2D eigenvalue weighted by molar-refractivity contribution is -0.117. The van der Waals surface area contributed by atoms with Crippen LogP contribution < -0.4 is 10.2 Å². The Kier molecular flexibility index (Phi) is 4.90. The largest absolute Gasteiger partial charge is 0.432 e. The molecular weight excluding hydrogens is 366 g/mol. The van der Waals surface area contributed by atoms with Gasteiger partial charge in [-0.05, 0) is 18.4 Å². The minimum Gasteiger partial charge on any atom is -0.354 e. The zero-order valence-electron chi connectivity index (χ0n) is 15.1. The van der Waals surface area contributed by atoms with E-state index >= 15 is 0 Å². The van der Waals surface area contributed by atoms with E-state index in [0.717, 1.165) is 23.3 Å². The first kappa shape index (κ1) is 17.7. The Balaban J connectivity index is 1.45. The topological polar surface area (TPSA) is 99.3 Å². The van der Waals surface area contributed by atoms with Crippen LogP contribution in [0.1, 0.15) is 13.3 Å². The van der Waals surface area contributed by atoms with Gasteiger partial charge in [0.25, 0.3) is 0 Å². The van der Waals surface area contributed by atoms with Crippen molar-refractivity contribution in [1.82, 2.24) is 25.0 Å². The minimum atomic E-state index is -0.518. The number of aromatic amines is 1. The van der Waals surface area contributed by atoms with Crippen LogP contribution in [-0.2, 0) is 4.84 Å². The normalized spacial score (nSPS) is 20.5. The van der Waals surface area contributed by atoms with E-state index in [1.165, 1.54) is 11.3 Å². The van der Waals surface area contributed by atoms with Crippen LogP contribution in [0.4, 0.5) is 15.7 Å². The molecule has 2 atom stereocenters. The molecule has 3 aromatic rings. The number of aromatic nitrogens is 4. The number of fused-ring (bicyclic) bond motifs is 1. The Morgan fingerprint density at radius 3 is 3.15 bits per heavy atom. The lowest BCUT2D eigenvalue weighted by atomic mass is 9.93. The molecule has 4 rings (SSSR count). The molecule has 1 aliphatic heterocycles. The molecule has 3 aromatic heterocycles. The fourth-order valence-corrected chi connectivity index (χ4v) is 3.93. The highest BCUT2D eigenvalue weighted by Crippen LogP contribution is 2.28. The average molecular weight is 387 g/mol. The second kappa shape index (κ2) is 7.49. The molecule has 27 heavy (non-hydrogen) atoms. The summed E-state index contributed by atoms with van der Waals surface area (Å²) in [6, 6.07) is 2.13. The van der Waals surface area contributed by atoms with Crippen molar-refractivity contribution in [2.45, 2.75) is 19.4 Å². The molecule has 10 heteroatoms. The Hall–Kier alpha value is -2.72. The summed E-state index contributed by atoms with van der Waals surface area (Å²) in [5, 5.41) is 7.65. The minimum absolute atomic E-state index is 0.152. The van der Waals surface area contributed by atoms with Gasteiger partial charge in [-0.1, -0.05) is 6.92 Å². The van der Waals surface area contributed by atoms with Gasteiger partial charge < -0.3 is 14.7 Å². The molecule has 2 unspecified atom stereocenters. The number of anilines is 2. The molecule has 1 aliphatic rings. The fraction of sp³-hybridized carbons (Fsp3) is 0.412. The number of piperidine rings is 1. The molecule has 1 fully saturated rings. The zero-order valence-corrected chi connectivity index (χ0v) is 15.9. The van der Waals surface area contributed by atoms with Crippen molar-refractivity contribution in [2.24, 2.45) is 5.92 Å². The van der Waals surface area contributed by atoms with E-state index in [9.17, 15) is 4.79 Å². The van der Waals surface area contributed by atoms with Crippen LogP contribution in [0.25, 0.3) is 11.0 Å². The van der Waals surface area contributed by atoms with Gasteiger partial charge in [0.2, 0.25) is 0 Å². The van der Waals surface area contributed by atoms with Gasteiger partial charge in [-0.2, -0.15) is 0 Å². The van der Waals surface area contributed by atoms with Gasteiger partial charge in [-0.3, -0.25) is 5.32 Å². The molecule has 1 saturated heterocycles. The van der Waals surface area contributed by atoms with Gasteiger partial charge >= 0.3 is 6.09 Å². The summed E-state index contributed by atoms with van der Waals surface area (Å²) in [7, 11) is 2.02. The van der Waals surface area contributed by atoms with E-state index in [1.807, 2.05) is 19.3 Å². The summed E-state index contributed by atoms with van der Waals surface area (Å²) in [4.78, 5) is 35.6. The molecule has 2 N–H and O–H groups in total. The van der Waals surface area contributed by atoms with Crippen LogP contribution in [0.3, 0.4) is 0 Å². The third-order valence-corrected chi connectivity index (χ3v) is 5.59. The van der Waals surface area contributed by atoms with E-state index in [4.69, 9.17) is 4.84 Å². The fourth-order valence-electron chi connectivity index (χ4n) is 3.42. The number of hydrogen-bond donors (Lipinski definition) is 2. The SMILES string of the molecule is CC1CCN(OC(=O)Nc2nccs2)CC1N(C)c1ncnc2[nH]ccc12. The molecule has 9 nitrogen and oxygen atoms in total. The molecule has 1 amide bonds. The van der Waals surface area contributed by atoms with Crippen molar-refractivity contribution in [3.05, 3.63) is 30.2 Å². The predicted octanol–water partition coefficient (Wildman–Crippen LogP) is 2.72. The van der Waals surface area contributed by atoms with Gasteiger partial charge in [0, 0.05) is 37.4 Å². The highest BCUT2D eigenvalue weighted by atomic mass is 32.1. The van der Waals surface area contributed by atoms with Gasteiger partial charge in [-0.15, -0.1) is 16.4 Å². The average Bonchev–Trinajstić information content (AvgIpc) is 3.33. The summed E-state index contributed by atoms with van der Waals surface area (Å²) in [6.07, 6.45) is 5.46. The molecule has 0 aromatic carbocycles. The number of nitrogens with one attached hydrogen (secondary N) is 2. The van der Waals surface area contributed by atoms with E-state index in [-0.39, 0.29) is 6.04 Å². The molecule has 0 aliphatic carbocycles. The number of carbonyl (C=O) groups is 1. The van der Waals surface area contributed by atoms with Gasteiger partial charge in [0.05, 0.1) is 11.9 Å². The highest BCUT2D eigenvalue weighted by molar-refractivity contribution is 7.13. The molecule has 0 spiro atoms. The number of thiazole rings is 1. The number of carbonyl (C=O) groups excluding carboxylic acids is 1. The van der Waals surface area contributed by atoms with Gasteiger partial charge in [0.15, 0.2) is 5.13 Å². The maximum absolute atomic E-state index is 12.1. The Labute approximate surface area is 160 Å². The zero-order chi connectivity index (χ0) is 18.8. The maximum atomic E-state index is 12.1. The van der Waals surface area contributed by atoms with Crippen LogP contribution in [0, 0.1) is 5.92 Å². The summed E-state index contributed by atoms with van der Waals surface area (Å²) in [5.74, 6) is 1.30. The van der Waals surface area contributed by atoms with Crippen molar-refractivity contribution in [3.63, 3.8) is 0 Å². The second-order valence-electron chi connectivity index (χ2n) is 6.61. The molecule has 4 heterocycles. The van der Waals surface area contributed by atoms with E-state index in [2.05, 4.69) is 37.1 Å². The van der Waals surface area contributed by atoms with Crippen molar-refractivity contribution in [2.75, 3.05) is 30.4 Å². The molecule has 0 bridgehead atoms. The first-order chi connectivity index (χ1) is 13.1. The standard InChI is InChI=1S/C17H21N7O2S/c1-11-4-7-24(26-17(25)22-16-19-6-8-27-16)9-13(11)23(2)15-12-3-5-18-14(12)20-10-21-15/h3,5-6,8,10-11,13H,4,7,9H2,1-2H3,(H,18,20,21)(H,19,22,25). The quantitative estimate of drug-likeness (QED) is 0.710. The predicted molar refractivity (Wildman–Crippen MR) is 104 cm³/mol. The smallest absolute Gasteiger partial charge is 0.354 e. The molecular formula is C17H21N7O2S. The number of rotatable bonds is 4. The molecule has 142 valence electrons. The number of likely N-dealkylation sites (N-methyl/N-ethyl adjacent to an activating group) is 1. The Morgan fingerprint density at radius 1 is 1.44 bits per heavy atom. The monoisotopic (exact) mass is 387 g/mol. The van der Waals surface area contributed by atoms with Crippen LogP contribution in [-0.4, -0.2) is 57.3 Å². The van der Waals surface area contributed by atoms with Crippen LogP contribution >= 0.6 is 11.3 Å². The number of hydroxylamine groups is 2. The summed E-state index contributed by atoms with van der Waals surface area (Å²) >= 11 is 1.35. The van der Waals surface area contributed by atoms with E-state index < -0.39 is 6.09 Å². The van der Waals surface area contributed by atoms with Gasteiger partial charge in [-0.25, -0.2) is 19.7 Å². The third-order valence-electron chi connectivity index (χ3n) is 4.90. The van der Waals surface area contributed by atoms with Gasteiger partial charge in [0.1, 0.15) is 17.8 Å².